The summed E-state index contributed by atoms with van der Waals surface area (Å²) in [5.41, 5.74) is 0.224. The molecule has 0 saturated heterocycles. The van der Waals surface area contributed by atoms with E-state index in [0.29, 0.717) is 12.2 Å². The molecular formula is C10H15N5O3S. The number of rotatable bonds is 6. The Morgan fingerprint density at radius 1 is 1.53 bits per heavy atom. The number of aliphatic hydroxyl groups excluding tert-OH is 1. The maximum Gasteiger partial charge on any atom is 0.258 e. The Bertz CT molecular complexity index is 619. The number of nitrogens with one attached hydrogen (secondary N) is 3. The number of H-pyrrole nitrogens is 2. The Morgan fingerprint density at radius 3 is 2.89 bits per heavy atom. The molecule has 0 spiro atoms. The van der Waals surface area contributed by atoms with Crippen molar-refractivity contribution in [2.45, 2.75) is 31.0 Å². The maximum absolute atomic E-state index is 12.2. The molecule has 0 radical (unpaired) electrons. The van der Waals surface area contributed by atoms with Gasteiger partial charge in [0, 0.05) is 18.0 Å². The van der Waals surface area contributed by atoms with Gasteiger partial charge in [0.1, 0.15) is 5.82 Å². The van der Waals surface area contributed by atoms with Crippen LogP contribution in [0.25, 0.3) is 0 Å². The number of hydrogen-bond acceptors (Lipinski definition) is 5. The van der Waals surface area contributed by atoms with E-state index in [1.807, 2.05) is 6.92 Å². The first-order valence-electron chi connectivity index (χ1n) is 5.73. The minimum absolute atomic E-state index is 0.125. The van der Waals surface area contributed by atoms with Crippen LogP contribution < -0.4 is 4.72 Å². The molecule has 9 heteroatoms. The predicted molar refractivity (Wildman–Crippen MR) is 66.5 cm³/mol. The van der Waals surface area contributed by atoms with Crippen LogP contribution in [0.1, 0.15) is 30.8 Å². The van der Waals surface area contributed by atoms with Gasteiger partial charge in [0.05, 0.1) is 18.8 Å². The van der Waals surface area contributed by atoms with Gasteiger partial charge >= 0.3 is 0 Å². The first kappa shape index (κ1) is 13.7. The highest BCUT2D eigenvalue weighted by Gasteiger charge is 2.25. The zero-order valence-electron chi connectivity index (χ0n) is 10.3. The minimum atomic E-state index is -3.79. The molecule has 8 nitrogen and oxygen atoms in total. The van der Waals surface area contributed by atoms with Gasteiger partial charge in [-0.25, -0.2) is 13.4 Å². The summed E-state index contributed by atoms with van der Waals surface area (Å²) in [7, 11) is -3.79. The third-order valence-electron chi connectivity index (χ3n) is 2.67. The summed E-state index contributed by atoms with van der Waals surface area (Å²) in [5.74, 6) is 0.538. The van der Waals surface area contributed by atoms with Crippen molar-refractivity contribution in [1.82, 2.24) is 24.9 Å². The monoisotopic (exact) mass is 285 g/mol. The number of aliphatic hydroxyl groups is 1. The molecule has 0 aliphatic rings. The van der Waals surface area contributed by atoms with Crippen molar-refractivity contribution in [3.05, 3.63) is 30.0 Å². The number of aromatic amines is 2. The predicted octanol–water partition coefficient (Wildman–Crippen LogP) is 0.0547. The summed E-state index contributed by atoms with van der Waals surface area (Å²) in [6, 6.07) is -0.463. The third-order valence-corrected chi connectivity index (χ3v) is 4.16. The Balaban J connectivity index is 2.26. The van der Waals surface area contributed by atoms with Crippen molar-refractivity contribution in [3.8, 4) is 0 Å². The number of nitrogens with zero attached hydrogens (tertiary/aromatic N) is 2. The van der Waals surface area contributed by atoms with E-state index in [1.165, 1.54) is 6.20 Å². The lowest BCUT2D eigenvalue weighted by Gasteiger charge is -2.14. The van der Waals surface area contributed by atoms with E-state index in [0.717, 1.165) is 0 Å². The van der Waals surface area contributed by atoms with Crippen LogP contribution in [0.2, 0.25) is 0 Å². The fraction of sp³-hybridized carbons (Fsp3) is 0.400. The van der Waals surface area contributed by atoms with Crippen molar-refractivity contribution in [2.24, 2.45) is 0 Å². The van der Waals surface area contributed by atoms with Crippen LogP contribution in [0.5, 0.6) is 0 Å². The SMILES string of the molecule is CCC(NS(=O)(=O)c1[nH]ncc1CO)c1ncc[nH]1. The Morgan fingerprint density at radius 2 is 2.32 bits per heavy atom. The molecule has 0 aromatic carbocycles. The van der Waals surface area contributed by atoms with Crippen molar-refractivity contribution >= 4 is 10.0 Å². The Labute approximate surface area is 110 Å². The lowest BCUT2D eigenvalue weighted by atomic mass is 10.2. The van der Waals surface area contributed by atoms with Crippen molar-refractivity contribution in [3.63, 3.8) is 0 Å². The molecule has 4 N–H and O–H groups in total. The second-order valence-electron chi connectivity index (χ2n) is 3.94. The van der Waals surface area contributed by atoms with Crippen LogP contribution in [0, 0.1) is 0 Å². The highest BCUT2D eigenvalue weighted by atomic mass is 32.2. The van der Waals surface area contributed by atoms with Gasteiger partial charge in [-0.3, -0.25) is 5.10 Å². The fourth-order valence-corrected chi connectivity index (χ4v) is 3.10. The highest BCUT2D eigenvalue weighted by molar-refractivity contribution is 7.89. The Hall–Kier alpha value is -1.71. The lowest BCUT2D eigenvalue weighted by Crippen LogP contribution is -2.30. The molecule has 0 aliphatic carbocycles. The van der Waals surface area contributed by atoms with E-state index in [-0.39, 0.29) is 10.6 Å². The molecule has 104 valence electrons. The van der Waals surface area contributed by atoms with E-state index in [2.05, 4.69) is 24.9 Å². The van der Waals surface area contributed by atoms with Gasteiger partial charge in [0.25, 0.3) is 10.0 Å². The quantitative estimate of drug-likeness (QED) is 0.597. The average molecular weight is 285 g/mol. The lowest BCUT2D eigenvalue weighted by molar-refractivity contribution is 0.278. The minimum Gasteiger partial charge on any atom is -0.392 e. The molecule has 2 aromatic heterocycles. The van der Waals surface area contributed by atoms with Gasteiger partial charge in [-0.2, -0.15) is 9.82 Å². The van der Waals surface area contributed by atoms with Gasteiger partial charge in [-0.15, -0.1) is 0 Å². The number of sulfonamides is 1. The number of imidazole rings is 1. The first-order chi connectivity index (χ1) is 9.08. The summed E-state index contributed by atoms with van der Waals surface area (Å²) in [5, 5.41) is 15.0. The van der Waals surface area contributed by atoms with E-state index < -0.39 is 22.7 Å². The number of aromatic nitrogens is 4. The average Bonchev–Trinajstić information content (AvgIpc) is 3.06. The smallest absolute Gasteiger partial charge is 0.258 e. The number of hydrogen-bond donors (Lipinski definition) is 4. The van der Waals surface area contributed by atoms with Crippen LogP contribution in [0.4, 0.5) is 0 Å². The van der Waals surface area contributed by atoms with Crippen LogP contribution in [0.15, 0.2) is 23.6 Å². The Kier molecular flexibility index (Phi) is 3.98. The van der Waals surface area contributed by atoms with E-state index in [4.69, 9.17) is 5.11 Å². The molecule has 2 aromatic rings. The standard InChI is InChI=1S/C10H15N5O3S/c1-2-8(9-11-3-4-12-9)15-19(17,18)10-7(6-16)5-13-14-10/h3-5,8,15-16H,2,6H2,1H3,(H,11,12)(H,13,14). The summed E-state index contributed by atoms with van der Waals surface area (Å²) in [6.07, 6.45) is 5.00. The van der Waals surface area contributed by atoms with Crippen LogP contribution in [0.3, 0.4) is 0 Å². The summed E-state index contributed by atoms with van der Waals surface area (Å²) < 4.78 is 26.9. The zero-order valence-corrected chi connectivity index (χ0v) is 11.1. The molecule has 0 fully saturated rings. The second kappa shape index (κ2) is 5.51. The molecule has 0 bridgehead atoms. The van der Waals surface area contributed by atoms with Gasteiger partial charge in [-0.05, 0) is 6.42 Å². The van der Waals surface area contributed by atoms with Gasteiger partial charge < -0.3 is 10.1 Å². The van der Waals surface area contributed by atoms with Crippen LogP contribution >= 0.6 is 0 Å². The van der Waals surface area contributed by atoms with E-state index in [9.17, 15) is 8.42 Å². The largest absolute Gasteiger partial charge is 0.392 e. The van der Waals surface area contributed by atoms with Crippen LogP contribution in [-0.2, 0) is 16.6 Å². The normalized spacial score (nSPS) is 13.6. The molecule has 19 heavy (non-hydrogen) atoms. The third kappa shape index (κ3) is 2.83. The van der Waals surface area contributed by atoms with E-state index in [1.54, 1.807) is 12.4 Å². The second-order valence-corrected chi connectivity index (χ2v) is 5.59. The zero-order chi connectivity index (χ0) is 13.9. The van der Waals surface area contributed by atoms with Crippen molar-refractivity contribution < 1.29 is 13.5 Å². The summed E-state index contributed by atoms with van der Waals surface area (Å²) >= 11 is 0. The van der Waals surface area contributed by atoms with Crippen molar-refractivity contribution in [2.75, 3.05) is 0 Å². The molecule has 0 aliphatic heterocycles. The highest BCUT2D eigenvalue weighted by Crippen LogP contribution is 2.18. The van der Waals surface area contributed by atoms with E-state index >= 15 is 0 Å². The molecule has 1 unspecified atom stereocenters. The molecular weight excluding hydrogens is 270 g/mol. The van der Waals surface area contributed by atoms with Gasteiger partial charge in [0.15, 0.2) is 5.03 Å². The maximum atomic E-state index is 12.2. The summed E-state index contributed by atoms with van der Waals surface area (Å²) in [4.78, 5) is 6.91. The topological polar surface area (TPSA) is 124 Å². The summed E-state index contributed by atoms with van der Waals surface area (Å²) in [6.45, 7) is 1.44. The van der Waals surface area contributed by atoms with Gasteiger partial charge in [-0.1, -0.05) is 6.92 Å². The van der Waals surface area contributed by atoms with Crippen LogP contribution in [-0.4, -0.2) is 33.7 Å². The van der Waals surface area contributed by atoms with Crippen molar-refractivity contribution in [1.29, 1.82) is 0 Å². The van der Waals surface area contributed by atoms with Gasteiger partial charge in [0.2, 0.25) is 0 Å². The molecule has 2 rings (SSSR count). The molecule has 2 heterocycles. The molecule has 0 amide bonds. The first-order valence-corrected chi connectivity index (χ1v) is 7.21. The fourth-order valence-electron chi connectivity index (χ4n) is 1.69. The molecule has 0 saturated carbocycles. The molecule has 1 atom stereocenters.